The molecule has 0 amide bonds. The highest BCUT2D eigenvalue weighted by molar-refractivity contribution is 4.58. The first-order valence-electron chi connectivity index (χ1n) is 6.36. The lowest BCUT2D eigenvalue weighted by molar-refractivity contribution is 0.0191. The number of unbranched alkanes of at least 4 members (excludes halogenated alkanes) is 8. The summed E-state index contributed by atoms with van der Waals surface area (Å²) in [6.45, 7) is 2.24. The molecule has 0 atom stereocenters. The Bertz CT molecular complexity index is 155. The Morgan fingerprint density at radius 3 is 1.73 bits per heavy atom. The summed E-state index contributed by atoms with van der Waals surface area (Å²) in [5, 5.41) is 9.18. The molecule has 1 fully saturated rings. The van der Waals surface area contributed by atoms with Gasteiger partial charge in [-0.1, -0.05) is 58.3 Å². The van der Waals surface area contributed by atoms with Gasteiger partial charge in [0.1, 0.15) is 0 Å². The van der Waals surface area contributed by atoms with E-state index in [0.717, 1.165) is 6.42 Å². The minimum Gasteiger partial charge on any atom is -0.340 e. The largest absolute Gasteiger partial charge is 0.340 e. The van der Waals surface area contributed by atoms with Crippen molar-refractivity contribution in [1.29, 1.82) is 0 Å². The Balaban J connectivity index is 1.70. The van der Waals surface area contributed by atoms with Gasteiger partial charge in [-0.15, -0.1) is 0 Å². The summed E-state index contributed by atoms with van der Waals surface area (Å²) in [5.74, 6) is -1.21. The van der Waals surface area contributed by atoms with Crippen molar-refractivity contribution in [2.24, 2.45) is 0 Å². The predicted molar refractivity (Wildman–Crippen MR) is 59.0 cm³/mol. The van der Waals surface area contributed by atoms with Gasteiger partial charge in [0.25, 0.3) is 0 Å². The second kappa shape index (κ2) is 7.20. The molecular weight excluding hydrogens is 192 g/mol. The lowest BCUT2D eigenvalue weighted by Crippen LogP contribution is -2.07. The average molecular weight is 216 g/mol. The first-order valence-corrected chi connectivity index (χ1v) is 6.36. The van der Waals surface area contributed by atoms with Gasteiger partial charge in [0.15, 0.2) is 0 Å². The molecule has 1 saturated heterocycles. The van der Waals surface area contributed by atoms with Crippen LogP contribution in [0.25, 0.3) is 0 Å². The predicted octanol–water partition coefficient (Wildman–Crippen LogP) is 3.52. The molecule has 1 aliphatic rings. The van der Waals surface area contributed by atoms with Crippen LogP contribution in [0.2, 0.25) is 0 Å². The van der Waals surface area contributed by atoms with Crippen molar-refractivity contribution in [3.63, 3.8) is 0 Å². The highest BCUT2D eigenvalue weighted by atomic mass is 17.4. The summed E-state index contributed by atoms with van der Waals surface area (Å²) in [5.41, 5.74) is 0. The van der Waals surface area contributed by atoms with Crippen molar-refractivity contribution < 1.29 is 14.9 Å². The van der Waals surface area contributed by atoms with Crippen LogP contribution in [0.1, 0.15) is 71.1 Å². The van der Waals surface area contributed by atoms with Crippen molar-refractivity contribution in [3.8, 4) is 0 Å². The molecule has 0 radical (unpaired) electrons. The Kier molecular flexibility index (Phi) is 6.22. The van der Waals surface area contributed by atoms with Gasteiger partial charge in [-0.3, -0.25) is 0 Å². The molecule has 0 spiro atoms. The van der Waals surface area contributed by atoms with Crippen molar-refractivity contribution in [3.05, 3.63) is 0 Å². The third-order valence-electron chi connectivity index (χ3n) is 2.87. The van der Waals surface area contributed by atoms with Crippen LogP contribution in [-0.4, -0.2) is 11.1 Å². The van der Waals surface area contributed by atoms with Gasteiger partial charge in [0.2, 0.25) is 0 Å². The molecule has 0 aromatic heterocycles. The monoisotopic (exact) mass is 216 g/mol. The Hall–Kier alpha value is -0.120. The van der Waals surface area contributed by atoms with Crippen LogP contribution in [0.15, 0.2) is 0 Å². The van der Waals surface area contributed by atoms with Gasteiger partial charge >= 0.3 is 5.97 Å². The topological polar surface area (TPSA) is 45.3 Å². The molecule has 1 heterocycles. The Labute approximate surface area is 92.7 Å². The molecule has 0 unspecified atom stereocenters. The van der Waals surface area contributed by atoms with Crippen LogP contribution < -0.4 is 0 Å². The minimum absolute atomic E-state index is 0.614. The van der Waals surface area contributed by atoms with E-state index in [0.29, 0.717) is 6.42 Å². The van der Waals surface area contributed by atoms with Crippen LogP contribution in [0.5, 0.6) is 0 Å². The van der Waals surface area contributed by atoms with E-state index < -0.39 is 5.97 Å². The standard InChI is InChI=1S/C12H24O3/c1-2-3-4-5-6-7-8-9-10-11-12(13)14-15-12/h13H,2-11H2,1H3. The Morgan fingerprint density at radius 2 is 1.27 bits per heavy atom. The average Bonchev–Trinajstić information content (AvgIpc) is 2.95. The molecule has 0 bridgehead atoms. The second-order valence-corrected chi connectivity index (χ2v) is 4.46. The summed E-state index contributed by atoms with van der Waals surface area (Å²) in [4.78, 5) is 8.85. The lowest BCUT2D eigenvalue weighted by Gasteiger charge is -2.01. The van der Waals surface area contributed by atoms with E-state index in [1.807, 2.05) is 0 Å². The summed E-state index contributed by atoms with van der Waals surface area (Å²) < 4.78 is 0. The van der Waals surface area contributed by atoms with Gasteiger partial charge < -0.3 is 5.11 Å². The SMILES string of the molecule is CCCCCCCCCCCC1(O)OO1. The van der Waals surface area contributed by atoms with Gasteiger partial charge in [0, 0.05) is 6.42 Å². The van der Waals surface area contributed by atoms with E-state index in [1.165, 1.54) is 51.4 Å². The molecule has 1 N–H and O–H groups in total. The van der Waals surface area contributed by atoms with Gasteiger partial charge in [-0.05, 0) is 6.42 Å². The maximum absolute atomic E-state index is 9.18. The fraction of sp³-hybridized carbons (Fsp3) is 1.00. The van der Waals surface area contributed by atoms with E-state index in [4.69, 9.17) is 0 Å². The zero-order chi connectivity index (χ0) is 11.0. The smallest absolute Gasteiger partial charge is 0.337 e. The molecule has 0 aliphatic carbocycles. The molecule has 15 heavy (non-hydrogen) atoms. The lowest BCUT2D eigenvalue weighted by atomic mass is 10.1. The summed E-state index contributed by atoms with van der Waals surface area (Å²) in [7, 11) is 0. The van der Waals surface area contributed by atoms with Crippen molar-refractivity contribution in [1.82, 2.24) is 0 Å². The van der Waals surface area contributed by atoms with Crippen LogP contribution in [0.4, 0.5) is 0 Å². The van der Waals surface area contributed by atoms with E-state index in [9.17, 15) is 5.11 Å². The third-order valence-corrected chi connectivity index (χ3v) is 2.87. The molecule has 0 saturated carbocycles. The molecule has 0 aromatic rings. The fourth-order valence-corrected chi connectivity index (χ4v) is 1.79. The number of aliphatic hydroxyl groups is 1. The highest BCUT2D eigenvalue weighted by Crippen LogP contribution is 2.31. The summed E-state index contributed by atoms with van der Waals surface area (Å²) in [6, 6.07) is 0. The van der Waals surface area contributed by atoms with Gasteiger partial charge in [-0.25, -0.2) is 0 Å². The number of hydrogen-bond acceptors (Lipinski definition) is 3. The zero-order valence-electron chi connectivity index (χ0n) is 9.83. The van der Waals surface area contributed by atoms with Gasteiger partial charge in [0.05, 0.1) is 0 Å². The van der Waals surface area contributed by atoms with Crippen LogP contribution >= 0.6 is 0 Å². The minimum atomic E-state index is -1.21. The first-order chi connectivity index (χ1) is 7.27. The van der Waals surface area contributed by atoms with Crippen LogP contribution in [-0.2, 0) is 9.78 Å². The quantitative estimate of drug-likeness (QED) is 0.345. The van der Waals surface area contributed by atoms with E-state index in [-0.39, 0.29) is 0 Å². The number of hydrogen-bond donors (Lipinski definition) is 1. The van der Waals surface area contributed by atoms with Crippen LogP contribution in [0.3, 0.4) is 0 Å². The summed E-state index contributed by atoms with van der Waals surface area (Å²) >= 11 is 0. The molecule has 1 aliphatic heterocycles. The second-order valence-electron chi connectivity index (χ2n) is 4.46. The molecule has 0 aromatic carbocycles. The molecule has 90 valence electrons. The molecular formula is C12H24O3. The zero-order valence-corrected chi connectivity index (χ0v) is 9.83. The van der Waals surface area contributed by atoms with E-state index in [2.05, 4.69) is 16.7 Å². The maximum atomic E-state index is 9.18. The highest BCUT2D eigenvalue weighted by Gasteiger charge is 2.46. The van der Waals surface area contributed by atoms with Crippen LogP contribution in [0, 0.1) is 0 Å². The van der Waals surface area contributed by atoms with E-state index in [1.54, 1.807) is 0 Å². The van der Waals surface area contributed by atoms with Crippen molar-refractivity contribution in [2.45, 2.75) is 77.1 Å². The Morgan fingerprint density at radius 1 is 0.800 bits per heavy atom. The molecule has 3 heteroatoms. The maximum Gasteiger partial charge on any atom is 0.337 e. The molecule has 1 rings (SSSR count). The number of rotatable bonds is 10. The van der Waals surface area contributed by atoms with E-state index >= 15 is 0 Å². The van der Waals surface area contributed by atoms with Crippen molar-refractivity contribution >= 4 is 0 Å². The summed E-state index contributed by atoms with van der Waals surface area (Å²) in [6.07, 6.45) is 12.2. The first kappa shape index (κ1) is 12.9. The van der Waals surface area contributed by atoms with Crippen molar-refractivity contribution in [2.75, 3.05) is 0 Å². The van der Waals surface area contributed by atoms with Gasteiger partial charge in [-0.2, -0.15) is 9.78 Å². The normalized spacial score (nSPS) is 18.0. The fourth-order valence-electron chi connectivity index (χ4n) is 1.79. The molecule has 3 nitrogen and oxygen atoms in total. The third kappa shape index (κ3) is 6.88.